The van der Waals surface area contributed by atoms with E-state index in [0.29, 0.717) is 43.3 Å². The van der Waals surface area contributed by atoms with Gasteiger partial charge >= 0.3 is 6.09 Å². The lowest BCUT2D eigenvalue weighted by molar-refractivity contribution is 0.0239. The molecule has 3 rings (SSSR count). The molecule has 0 bridgehead atoms. The van der Waals surface area contributed by atoms with E-state index in [1.807, 2.05) is 25.7 Å². The first kappa shape index (κ1) is 16.1. The molecule has 1 aliphatic rings. The molecular weight excluding hydrogens is 308 g/mol. The van der Waals surface area contributed by atoms with Crippen LogP contribution in [0.15, 0.2) is 22.6 Å². The Morgan fingerprint density at radius 3 is 2.62 bits per heavy atom. The van der Waals surface area contributed by atoms with Gasteiger partial charge in [-0.15, -0.1) is 0 Å². The molecule has 0 aliphatic carbocycles. The van der Waals surface area contributed by atoms with Gasteiger partial charge < -0.3 is 19.0 Å². The van der Waals surface area contributed by atoms with E-state index < -0.39 is 5.60 Å². The molecule has 0 unspecified atom stereocenters. The van der Waals surface area contributed by atoms with E-state index in [9.17, 15) is 4.79 Å². The van der Waals surface area contributed by atoms with Crippen molar-refractivity contribution < 1.29 is 13.9 Å². The molecule has 0 radical (unpaired) electrons. The summed E-state index contributed by atoms with van der Waals surface area (Å²) >= 11 is 0. The number of nitrogens with zero attached hydrogens (tertiary/aromatic N) is 4. The summed E-state index contributed by atoms with van der Waals surface area (Å²) in [6.45, 7) is 7.92. The highest BCUT2D eigenvalue weighted by atomic mass is 16.6. The fourth-order valence-corrected chi connectivity index (χ4v) is 2.52. The molecule has 7 heteroatoms. The Labute approximate surface area is 140 Å². The highest BCUT2D eigenvalue weighted by Crippen LogP contribution is 2.24. The van der Waals surface area contributed by atoms with Crippen molar-refractivity contribution in [1.29, 1.82) is 5.26 Å². The van der Waals surface area contributed by atoms with Crippen LogP contribution in [0.4, 0.5) is 10.8 Å². The third kappa shape index (κ3) is 3.43. The highest BCUT2D eigenvalue weighted by Gasteiger charge is 2.27. The lowest BCUT2D eigenvalue weighted by atomic mass is 10.2. The molecule has 2 aromatic rings. The van der Waals surface area contributed by atoms with Gasteiger partial charge in [-0.25, -0.2) is 4.79 Å². The Hall–Kier alpha value is -2.75. The van der Waals surface area contributed by atoms with Gasteiger partial charge in [0.2, 0.25) is 0 Å². The molecular formula is C17H20N4O3. The lowest BCUT2D eigenvalue weighted by Gasteiger charge is -2.34. The number of nitriles is 1. The van der Waals surface area contributed by atoms with Crippen molar-refractivity contribution in [2.24, 2.45) is 0 Å². The molecule has 24 heavy (non-hydrogen) atoms. The first-order valence-corrected chi connectivity index (χ1v) is 7.89. The van der Waals surface area contributed by atoms with Crippen LogP contribution in [-0.4, -0.2) is 47.8 Å². The maximum Gasteiger partial charge on any atom is 0.410 e. The molecule has 0 atom stereocenters. The molecule has 0 saturated carbocycles. The van der Waals surface area contributed by atoms with Crippen LogP contribution in [0.3, 0.4) is 0 Å². The van der Waals surface area contributed by atoms with Gasteiger partial charge in [0.15, 0.2) is 5.58 Å². The zero-order valence-electron chi connectivity index (χ0n) is 14.1. The van der Waals surface area contributed by atoms with Gasteiger partial charge in [0.1, 0.15) is 11.1 Å². The first-order chi connectivity index (χ1) is 11.4. The predicted octanol–water partition coefficient (Wildman–Crippen LogP) is 2.76. The number of rotatable bonds is 1. The SMILES string of the molecule is CC(C)(C)OC(=O)N1CCN(c2nc3ccc(C#N)cc3o2)CC1. The van der Waals surface area contributed by atoms with Crippen molar-refractivity contribution in [2.45, 2.75) is 26.4 Å². The minimum absolute atomic E-state index is 0.293. The van der Waals surface area contributed by atoms with Crippen molar-refractivity contribution in [1.82, 2.24) is 9.88 Å². The second kappa shape index (κ2) is 6.04. The topological polar surface area (TPSA) is 82.6 Å². The second-order valence-electron chi connectivity index (χ2n) is 6.75. The molecule has 126 valence electrons. The fraction of sp³-hybridized carbons (Fsp3) is 0.471. The number of carbonyl (C=O) groups is 1. The lowest BCUT2D eigenvalue weighted by Crippen LogP contribution is -2.50. The van der Waals surface area contributed by atoms with Crippen molar-refractivity contribution >= 4 is 23.2 Å². The Morgan fingerprint density at radius 2 is 2.00 bits per heavy atom. The van der Waals surface area contributed by atoms with Crippen LogP contribution >= 0.6 is 0 Å². The van der Waals surface area contributed by atoms with Gasteiger partial charge in [-0.05, 0) is 32.9 Å². The Morgan fingerprint density at radius 1 is 1.29 bits per heavy atom. The molecule has 1 saturated heterocycles. The summed E-state index contributed by atoms with van der Waals surface area (Å²) in [7, 11) is 0. The summed E-state index contributed by atoms with van der Waals surface area (Å²) in [6.07, 6.45) is -0.293. The third-order valence-electron chi connectivity index (χ3n) is 3.71. The van der Waals surface area contributed by atoms with E-state index in [1.54, 1.807) is 23.1 Å². The maximum absolute atomic E-state index is 12.1. The van der Waals surface area contributed by atoms with Gasteiger partial charge in [0.05, 0.1) is 11.6 Å². The van der Waals surface area contributed by atoms with Crippen molar-refractivity contribution in [2.75, 3.05) is 31.1 Å². The molecule has 1 amide bonds. The minimum atomic E-state index is -0.493. The number of fused-ring (bicyclic) bond motifs is 1. The molecule has 7 nitrogen and oxygen atoms in total. The number of hydrogen-bond acceptors (Lipinski definition) is 6. The molecule has 2 heterocycles. The summed E-state index contributed by atoms with van der Waals surface area (Å²) in [6, 6.07) is 7.78. The standard InChI is InChI=1S/C17H20N4O3/c1-17(2,3)24-16(22)21-8-6-20(7-9-21)15-19-13-5-4-12(11-18)10-14(13)23-15/h4-5,10H,6-9H2,1-3H3. The summed E-state index contributed by atoms with van der Waals surface area (Å²) in [4.78, 5) is 20.2. The zero-order chi connectivity index (χ0) is 17.3. The van der Waals surface area contributed by atoms with E-state index >= 15 is 0 Å². The van der Waals surface area contributed by atoms with Crippen LogP contribution in [0, 0.1) is 11.3 Å². The van der Waals surface area contributed by atoms with Gasteiger partial charge in [0.25, 0.3) is 6.01 Å². The van der Waals surface area contributed by atoms with E-state index in [1.165, 1.54) is 0 Å². The molecule has 1 fully saturated rings. The largest absolute Gasteiger partial charge is 0.444 e. The summed E-state index contributed by atoms with van der Waals surface area (Å²) in [5.41, 5.74) is 1.37. The van der Waals surface area contributed by atoms with Gasteiger partial charge in [-0.3, -0.25) is 0 Å². The first-order valence-electron chi connectivity index (χ1n) is 7.89. The van der Waals surface area contributed by atoms with Crippen molar-refractivity contribution in [3.8, 4) is 6.07 Å². The molecule has 1 aliphatic heterocycles. The number of hydrogen-bond donors (Lipinski definition) is 0. The van der Waals surface area contributed by atoms with Crippen LogP contribution in [0.1, 0.15) is 26.3 Å². The minimum Gasteiger partial charge on any atom is -0.444 e. The zero-order valence-corrected chi connectivity index (χ0v) is 14.1. The van der Waals surface area contributed by atoms with Crippen LogP contribution in [-0.2, 0) is 4.74 Å². The summed E-state index contributed by atoms with van der Waals surface area (Å²) in [5, 5.41) is 8.94. The third-order valence-corrected chi connectivity index (χ3v) is 3.71. The molecule has 0 spiro atoms. The highest BCUT2D eigenvalue weighted by molar-refractivity contribution is 5.76. The van der Waals surface area contributed by atoms with Gasteiger partial charge in [0, 0.05) is 32.2 Å². The van der Waals surface area contributed by atoms with Crippen LogP contribution in [0.2, 0.25) is 0 Å². The van der Waals surface area contributed by atoms with Crippen LogP contribution in [0.5, 0.6) is 0 Å². The van der Waals surface area contributed by atoms with Crippen LogP contribution < -0.4 is 4.90 Å². The van der Waals surface area contributed by atoms with E-state index in [2.05, 4.69) is 11.1 Å². The van der Waals surface area contributed by atoms with E-state index in [0.717, 1.165) is 5.52 Å². The Balaban J connectivity index is 1.66. The summed E-state index contributed by atoms with van der Waals surface area (Å²) < 4.78 is 11.1. The summed E-state index contributed by atoms with van der Waals surface area (Å²) in [5.74, 6) is 0. The van der Waals surface area contributed by atoms with Crippen molar-refractivity contribution in [3.05, 3.63) is 23.8 Å². The smallest absolute Gasteiger partial charge is 0.410 e. The van der Waals surface area contributed by atoms with Crippen LogP contribution in [0.25, 0.3) is 11.1 Å². The number of benzene rings is 1. The number of carbonyl (C=O) groups excluding carboxylic acids is 1. The number of piperazine rings is 1. The Bertz CT molecular complexity index is 792. The van der Waals surface area contributed by atoms with E-state index in [-0.39, 0.29) is 6.09 Å². The normalized spacial score (nSPS) is 15.4. The second-order valence-corrected chi connectivity index (χ2v) is 6.75. The molecule has 1 aromatic carbocycles. The number of oxazole rings is 1. The number of anilines is 1. The van der Waals surface area contributed by atoms with E-state index in [4.69, 9.17) is 14.4 Å². The fourth-order valence-electron chi connectivity index (χ4n) is 2.52. The molecule has 0 N–H and O–H groups in total. The quantitative estimate of drug-likeness (QED) is 0.800. The Kier molecular flexibility index (Phi) is 4.06. The number of amides is 1. The number of ether oxygens (including phenoxy) is 1. The molecule has 1 aromatic heterocycles. The van der Waals surface area contributed by atoms with Gasteiger partial charge in [-0.1, -0.05) is 0 Å². The average molecular weight is 328 g/mol. The maximum atomic E-state index is 12.1. The predicted molar refractivity (Wildman–Crippen MR) is 88.7 cm³/mol. The monoisotopic (exact) mass is 328 g/mol. The van der Waals surface area contributed by atoms with Crippen molar-refractivity contribution in [3.63, 3.8) is 0 Å². The average Bonchev–Trinajstić information content (AvgIpc) is 2.96. The van der Waals surface area contributed by atoms with Gasteiger partial charge in [-0.2, -0.15) is 10.2 Å². The number of aromatic nitrogens is 1.